The molecular weight excluding hydrogens is 580 g/mol. The fraction of sp³-hybridized carbons (Fsp3) is 0.175. The average Bonchev–Trinajstić information content (AvgIpc) is 3.76. The molecule has 5 aromatic carbocycles. The molecule has 0 saturated heterocycles. The Bertz CT molecular complexity index is 1890. The van der Waals surface area contributed by atoms with Crippen molar-refractivity contribution in [3.05, 3.63) is 178 Å². The molecule has 0 saturated carbocycles. The molecule has 0 fully saturated rings. The Kier molecular flexibility index (Phi) is 8.52. The standard InChI is InChI=1S/C40H37N6O/c1-2-3-21-36-28-29-45(47)44(36)30-31-24-26-32(27-25-31)37-22-13-14-23-38(37)39-41-42-43-46(39)40(33-15-7-4-8-16-33,34-17-9-5-10-18-34)35-19-11-6-12-20-35/h4-20,22-28H,2-3,21,29-30H2,1H3/q+1. The number of nitroso groups, excluding NO2 is 1. The number of nitrogens with zero attached hydrogens (tertiary/aromatic N) is 6. The number of rotatable bonds is 11. The summed E-state index contributed by atoms with van der Waals surface area (Å²) in [5, 5.41) is 15.6. The van der Waals surface area contributed by atoms with E-state index in [4.69, 9.17) is 10.3 Å². The summed E-state index contributed by atoms with van der Waals surface area (Å²) in [6, 6.07) is 48.1. The monoisotopic (exact) mass is 617 g/mol. The summed E-state index contributed by atoms with van der Waals surface area (Å²) in [7, 11) is 0. The fourth-order valence-corrected chi connectivity index (χ4v) is 6.68. The first kappa shape index (κ1) is 30.0. The SMILES string of the molecule is CCCCC1=CC[N+](=O)N1Cc1ccc(-c2ccccc2-c2nnnn2C(c2ccccc2)(c2ccccc2)c2ccccc2)cc1. The van der Waals surface area contributed by atoms with Crippen molar-refractivity contribution >= 4 is 0 Å². The van der Waals surface area contributed by atoms with Gasteiger partial charge >= 0.3 is 0 Å². The second-order valence-electron chi connectivity index (χ2n) is 11.9. The Morgan fingerprint density at radius 2 is 1.26 bits per heavy atom. The number of allylic oxidation sites excluding steroid dienone is 1. The molecular formula is C40H37N6O+. The van der Waals surface area contributed by atoms with E-state index in [2.05, 4.69) is 127 Å². The molecule has 0 unspecified atom stereocenters. The van der Waals surface area contributed by atoms with Crippen LogP contribution >= 0.6 is 0 Å². The highest BCUT2D eigenvalue weighted by Gasteiger charge is 2.42. The maximum atomic E-state index is 12.6. The first-order chi connectivity index (χ1) is 23.2. The van der Waals surface area contributed by atoms with Crippen molar-refractivity contribution in [1.82, 2.24) is 25.2 Å². The van der Waals surface area contributed by atoms with E-state index in [0.717, 1.165) is 68.8 Å². The van der Waals surface area contributed by atoms with Crippen LogP contribution in [0.2, 0.25) is 0 Å². The molecule has 1 aliphatic heterocycles. The molecule has 0 amide bonds. The summed E-state index contributed by atoms with van der Waals surface area (Å²) < 4.78 is 1.97. The van der Waals surface area contributed by atoms with Gasteiger partial charge < -0.3 is 0 Å². The van der Waals surface area contributed by atoms with Gasteiger partial charge in [-0.05, 0) is 56.6 Å². The van der Waals surface area contributed by atoms with E-state index in [1.54, 1.807) is 0 Å². The van der Waals surface area contributed by atoms with E-state index >= 15 is 0 Å². The minimum Gasteiger partial charge on any atom is -0.205 e. The van der Waals surface area contributed by atoms with E-state index in [-0.39, 0.29) is 0 Å². The number of unbranched alkanes of at least 4 members (excludes halogenated alkanes) is 1. The van der Waals surface area contributed by atoms with Gasteiger partial charge in [0, 0.05) is 11.6 Å². The van der Waals surface area contributed by atoms with E-state index < -0.39 is 5.54 Å². The zero-order chi connectivity index (χ0) is 32.1. The van der Waals surface area contributed by atoms with Crippen LogP contribution < -0.4 is 0 Å². The predicted molar refractivity (Wildman–Crippen MR) is 185 cm³/mol. The van der Waals surface area contributed by atoms with Crippen LogP contribution in [-0.2, 0) is 12.1 Å². The molecule has 0 bridgehead atoms. The van der Waals surface area contributed by atoms with Gasteiger partial charge in [0.2, 0.25) is 6.54 Å². The highest BCUT2D eigenvalue weighted by molar-refractivity contribution is 5.81. The third kappa shape index (κ3) is 5.65. The molecule has 7 rings (SSSR count). The normalized spacial score (nSPS) is 13.2. The number of aromatic nitrogens is 4. The topological polar surface area (TPSA) is 66.9 Å². The van der Waals surface area contributed by atoms with Gasteiger partial charge in [0.1, 0.15) is 17.0 Å². The first-order valence-electron chi connectivity index (χ1n) is 16.3. The molecule has 0 aliphatic carbocycles. The van der Waals surface area contributed by atoms with Crippen LogP contribution in [0, 0.1) is 4.91 Å². The van der Waals surface area contributed by atoms with Crippen LogP contribution in [0.3, 0.4) is 0 Å². The van der Waals surface area contributed by atoms with Crippen molar-refractivity contribution in [3.63, 3.8) is 0 Å². The summed E-state index contributed by atoms with van der Waals surface area (Å²) in [6.07, 6.45) is 5.15. The zero-order valence-corrected chi connectivity index (χ0v) is 26.5. The van der Waals surface area contributed by atoms with Crippen molar-refractivity contribution in [1.29, 1.82) is 0 Å². The maximum absolute atomic E-state index is 12.6. The highest BCUT2D eigenvalue weighted by Crippen LogP contribution is 2.43. The average molecular weight is 618 g/mol. The van der Waals surface area contributed by atoms with Gasteiger partial charge in [0.15, 0.2) is 5.82 Å². The lowest BCUT2D eigenvalue weighted by Gasteiger charge is -2.36. The van der Waals surface area contributed by atoms with E-state index in [1.165, 1.54) is 0 Å². The van der Waals surface area contributed by atoms with E-state index in [1.807, 2.05) is 40.0 Å². The number of hydrazine groups is 1. The Morgan fingerprint density at radius 1 is 0.702 bits per heavy atom. The summed E-state index contributed by atoms with van der Waals surface area (Å²) in [5.74, 6) is 0.658. The third-order valence-electron chi connectivity index (χ3n) is 9.00. The van der Waals surface area contributed by atoms with Crippen molar-refractivity contribution in [2.75, 3.05) is 6.54 Å². The van der Waals surface area contributed by atoms with Gasteiger partial charge in [-0.3, -0.25) is 0 Å². The third-order valence-corrected chi connectivity index (χ3v) is 9.00. The molecule has 47 heavy (non-hydrogen) atoms. The van der Waals surface area contributed by atoms with Crippen LogP contribution in [0.15, 0.2) is 151 Å². The molecule has 2 heterocycles. The molecule has 0 radical (unpaired) electrons. The van der Waals surface area contributed by atoms with E-state index in [9.17, 15) is 4.91 Å². The minimum absolute atomic E-state index is 0.412. The lowest BCUT2D eigenvalue weighted by molar-refractivity contribution is -0.684. The predicted octanol–water partition coefficient (Wildman–Crippen LogP) is 8.43. The molecule has 1 aliphatic rings. The molecule has 0 N–H and O–H groups in total. The molecule has 7 heteroatoms. The Labute approximate surface area is 275 Å². The second-order valence-corrected chi connectivity index (χ2v) is 11.9. The largest absolute Gasteiger partial charge is 0.246 e. The quantitative estimate of drug-likeness (QED) is 0.108. The van der Waals surface area contributed by atoms with E-state index in [0.29, 0.717) is 18.9 Å². The van der Waals surface area contributed by atoms with Crippen LogP contribution in [0.25, 0.3) is 22.5 Å². The van der Waals surface area contributed by atoms with Crippen LogP contribution in [0.5, 0.6) is 0 Å². The van der Waals surface area contributed by atoms with Gasteiger partial charge in [-0.1, -0.05) is 153 Å². The maximum Gasteiger partial charge on any atom is 0.246 e. The second kappa shape index (κ2) is 13.3. The molecule has 0 atom stereocenters. The summed E-state index contributed by atoms with van der Waals surface area (Å²) >= 11 is 0. The van der Waals surface area contributed by atoms with Gasteiger partial charge in [-0.2, -0.15) is 0 Å². The van der Waals surface area contributed by atoms with Crippen molar-refractivity contribution < 1.29 is 4.87 Å². The summed E-state index contributed by atoms with van der Waals surface area (Å²) in [5.41, 5.74) is 7.49. The fourth-order valence-electron chi connectivity index (χ4n) is 6.68. The van der Waals surface area contributed by atoms with Crippen molar-refractivity contribution in [2.45, 2.75) is 38.3 Å². The molecule has 0 spiro atoms. The first-order valence-corrected chi connectivity index (χ1v) is 16.3. The molecule has 1 aromatic heterocycles. The Morgan fingerprint density at radius 3 is 1.83 bits per heavy atom. The number of benzene rings is 5. The van der Waals surface area contributed by atoms with Gasteiger partial charge in [0.25, 0.3) is 0 Å². The number of tetrazole rings is 1. The summed E-state index contributed by atoms with van der Waals surface area (Å²) in [6.45, 7) is 3.14. The zero-order valence-electron chi connectivity index (χ0n) is 26.5. The molecule has 232 valence electrons. The van der Waals surface area contributed by atoms with Crippen molar-refractivity contribution in [2.24, 2.45) is 0 Å². The van der Waals surface area contributed by atoms with Crippen molar-refractivity contribution in [3.8, 4) is 22.5 Å². The van der Waals surface area contributed by atoms with Crippen LogP contribution in [0.1, 0.15) is 48.4 Å². The lowest BCUT2D eigenvalue weighted by Crippen LogP contribution is -2.39. The van der Waals surface area contributed by atoms with Gasteiger partial charge in [-0.15, -0.1) is 10.1 Å². The van der Waals surface area contributed by atoms with Gasteiger partial charge in [0.05, 0.1) is 10.6 Å². The molecule has 7 nitrogen and oxygen atoms in total. The summed E-state index contributed by atoms with van der Waals surface area (Å²) in [4.78, 5) is 13.7. The lowest BCUT2D eigenvalue weighted by atomic mass is 9.77. The Balaban J connectivity index is 1.32. The highest BCUT2D eigenvalue weighted by atomic mass is 16.3. The minimum atomic E-state index is -0.845. The van der Waals surface area contributed by atoms with Gasteiger partial charge in [-0.25, -0.2) is 4.68 Å². The van der Waals surface area contributed by atoms with Crippen LogP contribution in [0.4, 0.5) is 0 Å². The Hall–Kier alpha value is -5.69. The number of hydrogen-bond acceptors (Lipinski definition) is 4. The number of hydrogen-bond donors (Lipinski definition) is 0. The van der Waals surface area contributed by atoms with Crippen LogP contribution in [-0.4, -0.2) is 36.6 Å². The molecule has 6 aromatic rings. The smallest absolute Gasteiger partial charge is 0.205 e.